The molecule has 1 aromatic carbocycles. The first-order valence-corrected chi connectivity index (χ1v) is 10.1. The quantitative estimate of drug-likeness (QED) is 0.607. The van der Waals surface area contributed by atoms with Crippen molar-refractivity contribution in [2.24, 2.45) is 0 Å². The van der Waals surface area contributed by atoms with Crippen LogP contribution in [-0.2, 0) is 6.18 Å². The largest absolute Gasteiger partial charge is 0.416 e. The number of alkyl halides is 3. The zero-order valence-corrected chi connectivity index (χ0v) is 16.8. The topological polar surface area (TPSA) is 65.8 Å². The van der Waals surface area contributed by atoms with Crippen molar-refractivity contribution in [3.63, 3.8) is 0 Å². The zero-order valence-electron chi connectivity index (χ0n) is 16.8. The summed E-state index contributed by atoms with van der Waals surface area (Å²) >= 11 is 0. The van der Waals surface area contributed by atoms with Gasteiger partial charge in [-0.15, -0.1) is 10.2 Å². The molecule has 2 aromatic heterocycles. The number of piperazine rings is 1. The summed E-state index contributed by atoms with van der Waals surface area (Å²) in [5.74, 6) is -0.148. The Balaban J connectivity index is 1.20. The zero-order chi connectivity index (χ0) is 21.8. The summed E-state index contributed by atoms with van der Waals surface area (Å²) in [4.78, 5) is 16.5. The smallest absolute Gasteiger partial charge is 0.369 e. The molecule has 1 fully saturated rings. The van der Waals surface area contributed by atoms with Crippen LogP contribution in [-0.4, -0.2) is 64.7 Å². The molecule has 3 aromatic rings. The summed E-state index contributed by atoms with van der Waals surface area (Å²) in [7, 11) is 0. The van der Waals surface area contributed by atoms with E-state index in [1.54, 1.807) is 35.1 Å². The number of fused-ring (bicyclic) bond motifs is 1. The van der Waals surface area contributed by atoms with E-state index in [4.69, 9.17) is 0 Å². The molecule has 1 aliphatic rings. The van der Waals surface area contributed by atoms with Crippen LogP contribution in [0.2, 0.25) is 0 Å². The highest BCUT2D eigenvalue weighted by Gasteiger charge is 2.31. The van der Waals surface area contributed by atoms with Crippen LogP contribution in [0, 0.1) is 0 Å². The summed E-state index contributed by atoms with van der Waals surface area (Å²) in [5, 5.41) is 10.6. The molecule has 0 atom stereocenters. The van der Waals surface area contributed by atoms with Crippen molar-refractivity contribution in [1.82, 2.24) is 24.8 Å². The van der Waals surface area contributed by atoms with Crippen LogP contribution >= 0.6 is 0 Å². The van der Waals surface area contributed by atoms with Crippen LogP contribution in [0.25, 0.3) is 5.65 Å². The predicted octanol–water partition coefficient (Wildman–Crippen LogP) is 2.69. The van der Waals surface area contributed by atoms with Gasteiger partial charge in [-0.25, -0.2) is 0 Å². The van der Waals surface area contributed by atoms with E-state index in [1.807, 2.05) is 4.90 Å². The maximum absolute atomic E-state index is 12.9. The van der Waals surface area contributed by atoms with Crippen molar-refractivity contribution >= 4 is 17.2 Å². The van der Waals surface area contributed by atoms with Gasteiger partial charge in [0.1, 0.15) is 6.33 Å². The molecule has 1 saturated heterocycles. The second-order valence-corrected chi connectivity index (χ2v) is 7.50. The number of nitrogens with zero attached hydrogens (tertiary/aromatic N) is 5. The third-order valence-electron chi connectivity index (χ3n) is 5.40. The normalized spacial score (nSPS) is 15.4. The van der Waals surface area contributed by atoms with E-state index < -0.39 is 11.7 Å². The molecule has 164 valence electrons. The number of benzene rings is 1. The van der Waals surface area contributed by atoms with E-state index in [0.717, 1.165) is 32.1 Å². The molecule has 0 bridgehead atoms. The SMILES string of the molecule is O=C(NCCCN1CCN(c2cccc(C(F)(F)F)c2)CC1)c1ccc2nncn2c1. The van der Waals surface area contributed by atoms with E-state index in [-0.39, 0.29) is 5.91 Å². The maximum Gasteiger partial charge on any atom is 0.416 e. The molecule has 1 aliphatic heterocycles. The van der Waals surface area contributed by atoms with E-state index in [9.17, 15) is 18.0 Å². The van der Waals surface area contributed by atoms with Crippen molar-refractivity contribution < 1.29 is 18.0 Å². The molecule has 31 heavy (non-hydrogen) atoms. The lowest BCUT2D eigenvalue weighted by molar-refractivity contribution is -0.137. The lowest BCUT2D eigenvalue weighted by Crippen LogP contribution is -2.47. The fourth-order valence-corrected chi connectivity index (χ4v) is 3.68. The van der Waals surface area contributed by atoms with Gasteiger partial charge in [0.05, 0.1) is 11.1 Å². The Hall–Kier alpha value is -3.14. The standard InChI is InChI=1S/C21H23F3N6O/c22-21(23,24)17-3-1-4-18(13-17)29-11-9-28(10-12-29)8-2-7-25-20(31)16-5-6-19-27-26-15-30(19)14-16/h1,3-6,13-15H,2,7-12H2,(H,25,31). The van der Waals surface area contributed by atoms with Gasteiger partial charge in [0, 0.05) is 44.6 Å². The fourth-order valence-electron chi connectivity index (χ4n) is 3.68. The van der Waals surface area contributed by atoms with E-state index in [0.29, 0.717) is 36.5 Å². The van der Waals surface area contributed by atoms with Crippen LogP contribution in [0.4, 0.5) is 18.9 Å². The van der Waals surface area contributed by atoms with Crippen LogP contribution in [0.1, 0.15) is 22.3 Å². The first kappa shape index (κ1) is 21.1. The number of hydrogen-bond donors (Lipinski definition) is 1. The van der Waals surface area contributed by atoms with Crippen molar-refractivity contribution in [1.29, 1.82) is 0 Å². The van der Waals surface area contributed by atoms with Crippen molar-refractivity contribution in [3.05, 3.63) is 60.0 Å². The number of hydrogen-bond acceptors (Lipinski definition) is 5. The van der Waals surface area contributed by atoms with Gasteiger partial charge < -0.3 is 10.2 Å². The minimum Gasteiger partial charge on any atom is -0.369 e. The molecule has 0 spiro atoms. The van der Waals surface area contributed by atoms with Gasteiger partial charge >= 0.3 is 6.18 Å². The minimum absolute atomic E-state index is 0.148. The van der Waals surface area contributed by atoms with Gasteiger partial charge in [0.25, 0.3) is 5.91 Å². The second-order valence-electron chi connectivity index (χ2n) is 7.50. The Morgan fingerprint density at radius 1 is 1.10 bits per heavy atom. The highest BCUT2D eigenvalue weighted by molar-refractivity contribution is 5.94. The molecule has 1 amide bonds. The first-order chi connectivity index (χ1) is 14.9. The van der Waals surface area contributed by atoms with Crippen LogP contribution in [0.5, 0.6) is 0 Å². The van der Waals surface area contributed by atoms with E-state index in [2.05, 4.69) is 20.4 Å². The molecule has 7 nitrogen and oxygen atoms in total. The monoisotopic (exact) mass is 432 g/mol. The summed E-state index contributed by atoms with van der Waals surface area (Å²) < 4.78 is 40.5. The van der Waals surface area contributed by atoms with Crippen molar-refractivity contribution in [2.75, 3.05) is 44.2 Å². The Bertz CT molecular complexity index is 1040. The summed E-state index contributed by atoms with van der Waals surface area (Å²) in [5.41, 5.74) is 1.21. The van der Waals surface area contributed by atoms with Gasteiger partial charge in [0.2, 0.25) is 0 Å². The number of carbonyl (C=O) groups is 1. The first-order valence-electron chi connectivity index (χ1n) is 10.1. The Morgan fingerprint density at radius 3 is 2.68 bits per heavy atom. The highest BCUT2D eigenvalue weighted by Crippen LogP contribution is 2.31. The van der Waals surface area contributed by atoms with Gasteiger partial charge in [-0.2, -0.15) is 13.2 Å². The Labute approximate surface area is 177 Å². The number of pyridine rings is 1. The molecule has 1 N–H and O–H groups in total. The number of amides is 1. The molecule has 0 unspecified atom stereocenters. The second kappa shape index (κ2) is 8.93. The molecular formula is C21H23F3N6O. The number of halogens is 3. The van der Waals surface area contributed by atoms with Gasteiger partial charge in [-0.05, 0) is 43.3 Å². The highest BCUT2D eigenvalue weighted by atomic mass is 19.4. The molecule has 0 saturated carbocycles. The molecule has 10 heteroatoms. The van der Waals surface area contributed by atoms with E-state index in [1.165, 1.54) is 12.1 Å². The van der Waals surface area contributed by atoms with Gasteiger partial charge in [-0.1, -0.05) is 6.07 Å². The number of aromatic nitrogens is 3. The summed E-state index contributed by atoms with van der Waals surface area (Å²) in [6.45, 7) is 4.26. The third-order valence-corrected chi connectivity index (χ3v) is 5.40. The number of carbonyl (C=O) groups excluding carboxylic acids is 1. The lowest BCUT2D eigenvalue weighted by atomic mass is 10.1. The van der Waals surface area contributed by atoms with Crippen molar-refractivity contribution in [2.45, 2.75) is 12.6 Å². The molecular weight excluding hydrogens is 409 g/mol. The maximum atomic E-state index is 12.9. The molecule has 4 rings (SSSR count). The van der Waals surface area contributed by atoms with Gasteiger partial charge in [0.15, 0.2) is 5.65 Å². The summed E-state index contributed by atoms with van der Waals surface area (Å²) in [6, 6.07) is 8.94. The average Bonchev–Trinajstić information content (AvgIpc) is 3.24. The third kappa shape index (κ3) is 5.13. The molecule has 3 heterocycles. The lowest BCUT2D eigenvalue weighted by Gasteiger charge is -2.36. The van der Waals surface area contributed by atoms with Crippen LogP contribution in [0.15, 0.2) is 48.9 Å². The summed E-state index contributed by atoms with van der Waals surface area (Å²) in [6.07, 6.45) is -0.295. The Morgan fingerprint density at radius 2 is 1.90 bits per heavy atom. The molecule has 0 aliphatic carbocycles. The fraction of sp³-hybridized carbons (Fsp3) is 0.381. The minimum atomic E-state index is -4.33. The average molecular weight is 432 g/mol. The Kier molecular flexibility index (Phi) is 6.08. The van der Waals surface area contributed by atoms with Crippen LogP contribution < -0.4 is 10.2 Å². The van der Waals surface area contributed by atoms with E-state index >= 15 is 0 Å². The number of rotatable bonds is 6. The van der Waals surface area contributed by atoms with Gasteiger partial charge in [-0.3, -0.25) is 14.1 Å². The number of nitrogens with one attached hydrogen (secondary N) is 1. The van der Waals surface area contributed by atoms with Crippen LogP contribution in [0.3, 0.4) is 0 Å². The molecule has 0 radical (unpaired) electrons. The van der Waals surface area contributed by atoms with Crippen molar-refractivity contribution in [3.8, 4) is 0 Å². The number of anilines is 1. The predicted molar refractivity (Wildman–Crippen MR) is 110 cm³/mol.